The van der Waals surface area contributed by atoms with E-state index in [4.69, 9.17) is 22.0 Å². The third-order valence-corrected chi connectivity index (χ3v) is 1.96. The van der Waals surface area contributed by atoms with Crippen LogP contribution in [0.3, 0.4) is 0 Å². The van der Waals surface area contributed by atoms with Crippen molar-refractivity contribution in [2.24, 2.45) is 10.3 Å². The topological polar surface area (TPSA) is 65.2 Å². The Morgan fingerprint density at radius 2 is 1.71 bits per heavy atom. The molecule has 1 rings (SSSR count). The Morgan fingerprint density at radius 1 is 1.14 bits per heavy atom. The average molecular weight is 213 g/mol. The summed E-state index contributed by atoms with van der Waals surface area (Å²) < 4.78 is 0. The second-order valence-electron chi connectivity index (χ2n) is 2.71. The van der Waals surface area contributed by atoms with E-state index in [1.165, 1.54) is 0 Å². The zero-order valence-corrected chi connectivity index (χ0v) is 8.23. The maximum Gasteiger partial charge on any atom is 0.197 e. The van der Waals surface area contributed by atoms with Crippen LogP contribution in [0.5, 0.6) is 0 Å². The molecule has 0 aliphatic heterocycles. The van der Waals surface area contributed by atoms with Crippen molar-refractivity contribution in [1.82, 2.24) is 0 Å². The van der Waals surface area contributed by atoms with Gasteiger partial charge >= 0.3 is 0 Å². The number of oxime groups is 2. The van der Waals surface area contributed by atoms with Crippen LogP contribution in [0, 0.1) is 6.92 Å². The van der Waals surface area contributed by atoms with Crippen molar-refractivity contribution in [3.63, 3.8) is 0 Å². The van der Waals surface area contributed by atoms with E-state index in [2.05, 4.69) is 10.3 Å². The Kier molecular flexibility index (Phi) is 3.48. The van der Waals surface area contributed by atoms with Crippen molar-refractivity contribution in [1.29, 1.82) is 0 Å². The van der Waals surface area contributed by atoms with Gasteiger partial charge in [0, 0.05) is 5.56 Å². The van der Waals surface area contributed by atoms with Gasteiger partial charge in [0.15, 0.2) is 10.9 Å². The Hall–Kier alpha value is -1.55. The molecule has 0 heterocycles. The maximum atomic E-state index is 8.66. The smallest absolute Gasteiger partial charge is 0.197 e. The van der Waals surface area contributed by atoms with Gasteiger partial charge in [-0.25, -0.2) is 0 Å². The number of nitrogens with zero attached hydrogens (tertiary/aromatic N) is 2. The molecule has 5 heteroatoms. The second kappa shape index (κ2) is 4.62. The summed E-state index contributed by atoms with van der Waals surface area (Å²) in [7, 11) is 0. The first-order valence-corrected chi connectivity index (χ1v) is 4.24. The van der Waals surface area contributed by atoms with E-state index in [9.17, 15) is 0 Å². The van der Waals surface area contributed by atoms with Gasteiger partial charge in [-0.05, 0) is 6.92 Å². The molecule has 1 aromatic rings. The lowest BCUT2D eigenvalue weighted by molar-refractivity contribution is 0.315. The molecular weight excluding hydrogens is 204 g/mol. The SMILES string of the molecule is Cc1ccc(C(=NO)C(Cl)=NO)cc1. The van der Waals surface area contributed by atoms with Gasteiger partial charge in [-0.3, -0.25) is 0 Å². The summed E-state index contributed by atoms with van der Waals surface area (Å²) in [6.45, 7) is 1.93. The number of hydrogen-bond acceptors (Lipinski definition) is 4. The molecule has 1 aromatic carbocycles. The first kappa shape index (κ1) is 10.5. The molecule has 0 bridgehead atoms. The minimum atomic E-state index is -0.253. The number of aryl methyl sites for hydroxylation is 1. The monoisotopic (exact) mass is 212 g/mol. The summed E-state index contributed by atoms with van der Waals surface area (Å²) in [5, 5.41) is 22.5. The fraction of sp³-hybridized carbons (Fsp3) is 0.111. The van der Waals surface area contributed by atoms with Crippen molar-refractivity contribution in [2.75, 3.05) is 0 Å². The molecule has 0 unspecified atom stereocenters. The highest BCUT2D eigenvalue weighted by Crippen LogP contribution is 2.07. The van der Waals surface area contributed by atoms with Crippen LogP contribution in [-0.4, -0.2) is 21.3 Å². The fourth-order valence-electron chi connectivity index (χ4n) is 0.977. The Bertz CT molecular complexity index is 371. The van der Waals surface area contributed by atoms with Crippen LogP contribution in [0.4, 0.5) is 0 Å². The third-order valence-electron chi connectivity index (χ3n) is 1.71. The lowest BCUT2D eigenvalue weighted by Gasteiger charge is -2.01. The van der Waals surface area contributed by atoms with Crippen LogP contribution in [0.25, 0.3) is 0 Å². The normalized spacial score (nSPS) is 13.0. The summed E-state index contributed by atoms with van der Waals surface area (Å²) in [6, 6.07) is 7.11. The molecule has 0 saturated carbocycles. The van der Waals surface area contributed by atoms with Crippen molar-refractivity contribution >= 4 is 22.5 Å². The molecule has 0 atom stereocenters. The van der Waals surface area contributed by atoms with Gasteiger partial charge in [0.1, 0.15) is 0 Å². The standard InChI is InChI=1S/C9H9ClN2O2/c1-6-2-4-7(5-3-6)8(11-13)9(10)12-14/h2-5,13-14H,1H3. The molecule has 0 aliphatic rings. The van der Waals surface area contributed by atoms with Crippen LogP contribution in [0.2, 0.25) is 0 Å². The van der Waals surface area contributed by atoms with E-state index in [1.54, 1.807) is 12.1 Å². The molecule has 0 fully saturated rings. The van der Waals surface area contributed by atoms with E-state index < -0.39 is 0 Å². The lowest BCUT2D eigenvalue weighted by atomic mass is 10.1. The van der Waals surface area contributed by atoms with E-state index >= 15 is 0 Å². The molecule has 2 N–H and O–H groups in total. The minimum Gasteiger partial charge on any atom is -0.410 e. The molecular formula is C9H9ClN2O2. The second-order valence-corrected chi connectivity index (χ2v) is 3.06. The molecule has 14 heavy (non-hydrogen) atoms. The fourth-order valence-corrected chi connectivity index (χ4v) is 1.12. The first-order valence-electron chi connectivity index (χ1n) is 3.86. The Morgan fingerprint density at radius 3 is 2.14 bits per heavy atom. The van der Waals surface area contributed by atoms with Crippen molar-refractivity contribution in [2.45, 2.75) is 6.92 Å². The quantitative estimate of drug-likeness (QED) is 0.448. The Balaban J connectivity index is 3.09. The van der Waals surface area contributed by atoms with Crippen molar-refractivity contribution in [3.8, 4) is 0 Å². The van der Waals surface area contributed by atoms with Crippen LogP contribution < -0.4 is 0 Å². The largest absolute Gasteiger partial charge is 0.410 e. The number of hydrogen-bond donors (Lipinski definition) is 2. The van der Waals surface area contributed by atoms with E-state index in [0.29, 0.717) is 5.56 Å². The first-order chi connectivity index (χ1) is 6.69. The summed E-state index contributed by atoms with van der Waals surface area (Å²) in [6.07, 6.45) is 0. The highest BCUT2D eigenvalue weighted by atomic mass is 35.5. The molecule has 0 saturated heterocycles. The number of benzene rings is 1. The van der Waals surface area contributed by atoms with Gasteiger partial charge in [-0.1, -0.05) is 51.7 Å². The van der Waals surface area contributed by atoms with Gasteiger partial charge in [0.05, 0.1) is 0 Å². The van der Waals surface area contributed by atoms with Crippen LogP contribution in [-0.2, 0) is 0 Å². The van der Waals surface area contributed by atoms with E-state index in [1.807, 2.05) is 19.1 Å². The highest BCUT2D eigenvalue weighted by Gasteiger charge is 2.10. The van der Waals surface area contributed by atoms with E-state index in [-0.39, 0.29) is 10.9 Å². The molecule has 4 nitrogen and oxygen atoms in total. The van der Waals surface area contributed by atoms with Gasteiger partial charge < -0.3 is 10.4 Å². The van der Waals surface area contributed by atoms with Gasteiger partial charge in [-0.15, -0.1) is 0 Å². The summed E-state index contributed by atoms with van der Waals surface area (Å²) in [5.74, 6) is 0. The summed E-state index contributed by atoms with van der Waals surface area (Å²) >= 11 is 5.51. The maximum absolute atomic E-state index is 8.66. The van der Waals surface area contributed by atoms with Crippen molar-refractivity contribution < 1.29 is 10.4 Å². The van der Waals surface area contributed by atoms with Crippen LogP contribution in [0.1, 0.15) is 11.1 Å². The summed E-state index contributed by atoms with van der Waals surface area (Å²) in [4.78, 5) is 0. The lowest BCUT2D eigenvalue weighted by Crippen LogP contribution is -2.09. The molecule has 0 aliphatic carbocycles. The van der Waals surface area contributed by atoms with Gasteiger partial charge in [0.25, 0.3) is 0 Å². The Labute approximate surface area is 86.1 Å². The zero-order valence-electron chi connectivity index (χ0n) is 7.48. The van der Waals surface area contributed by atoms with Crippen LogP contribution in [0.15, 0.2) is 34.6 Å². The summed E-state index contributed by atoms with van der Waals surface area (Å²) in [5.41, 5.74) is 1.69. The van der Waals surface area contributed by atoms with Gasteiger partial charge in [0.2, 0.25) is 0 Å². The molecule has 74 valence electrons. The van der Waals surface area contributed by atoms with Gasteiger partial charge in [-0.2, -0.15) is 0 Å². The van der Waals surface area contributed by atoms with E-state index in [0.717, 1.165) is 5.56 Å². The zero-order chi connectivity index (χ0) is 10.6. The predicted molar refractivity (Wildman–Crippen MR) is 54.6 cm³/mol. The van der Waals surface area contributed by atoms with Crippen molar-refractivity contribution in [3.05, 3.63) is 35.4 Å². The number of halogens is 1. The van der Waals surface area contributed by atoms with Crippen LogP contribution >= 0.6 is 11.6 Å². The third kappa shape index (κ3) is 2.23. The molecule has 0 amide bonds. The highest BCUT2D eigenvalue weighted by molar-refractivity contribution is 6.85. The molecule has 0 spiro atoms. The minimum absolute atomic E-state index is 0.0363. The molecule has 0 radical (unpaired) electrons. The average Bonchev–Trinajstić information content (AvgIpc) is 2.21. The predicted octanol–water partition coefficient (Wildman–Crippen LogP) is 2.20. The molecule has 0 aromatic heterocycles. The number of rotatable bonds is 2.